The van der Waals surface area contributed by atoms with E-state index in [1.54, 1.807) is 0 Å². The summed E-state index contributed by atoms with van der Waals surface area (Å²) in [6.45, 7) is 0. The van der Waals surface area contributed by atoms with Gasteiger partial charge in [-0.15, -0.1) is 11.3 Å². The molecule has 0 radical (unpaired) electrons. The Morgan fingerprint density at radius 1 is 0.377 bits per heavy atom. The molecule has 61 heavy (non-hydrogen) atoms. The van der Waals surface area contributed by atoms with Gasteiger partial charge in [0.1, 0.15) is 11.5 Å². The van der Waals surface area contributed by atoms with Gasteiger partial charge in [-0.05, 0) is 68.4 Å². The second-order valence-corrected chi connectivity index (χ2v) is 16.9. The molecule has 9 aromatic carbocycles. The van der Waals surface area contributed by atoms with Gasteiger partial charge in [0.25, 0.3) is 0 Å². The number of fused-ring (bicyclic) bond motifs is 14. The average Bonchev–Trinajstić information content (AvgIpc) is 3.85. The van der Waals surface area contributed by atoms with Crippen LogP contribution in [-0.4, -0.2) is 15.0 Å². The zero-order valence-corrected chi connectivity index (χ0v) is 33.5. The SMILES string of the molecule is c1ccc(-c2nc(-c3ccc(-c4ccc5c(c4)Oc4ccccc4C54c5ccccc5-c5c4ccc4sc6ccccc6c54)cc3)nc(-c3cccc4ccccc34)n2)cc1. The van der Waals surface area contributed by atoms with Gasteiger partial charge in [0.15, 0.2) is 17.5 Å². The number of ether oxygens (including phenoxy) is 1. The molecular formula is C56H33N3OS. The monoisotopic (exact) mass is 795 g/mol. The van der Waals surface area contributed by atoms with Gasteiger partial charge in [0, 0.05) is 48.0 Å². The molecule has 0 bridgehead atoms. The molecule has 13 rings (SSSR count). The molecule has 11 aromatic rings. The van der Waals surface area contributed by atoms with E-state index < -0.39 is 5.41 Å². The Morgan fingerprint density at radius 2 is 0.984 bits per heavy atom. The van der Waals surface area contributed by atoms with E-state index in [1.165, 1.54) is 48.0 Å². The predicted octanol–water partition coefficient (Wildman–Crippen LogP) is 14.5. The first-order valence-electron chi connectivity index (χ1n) is 20.6. The Labute approximate surface area is 356 Å². The van der Waals surface area contributed by atoms with Crippen molar-refractivity contribution in [2.45, 2.75) is 5.41 Å². The fourth-order valence-electron chi connectivity index (χ4n) is 9.96. The number of hydrogen-bond acceptors (Lipinski definition) is 5. The van der Waals surface area contributed by atoms with Crippen LogP contribution in [0.4, 0.5) is 0 Å². The van der Waals surface area contributed by atoms with Crippen LogP contribution >= 0.6 is 11.3 Å². The molecule has 0 N–H and O–H groups in total. The van der Waals surface area contributed by atoms with Crippen molar-refractivity contribution in [3.8, 4) is 67.9 Å². The van der Waals surface area contributed by atoms with Crippen molar-refractivity contribution in [2.24, 2.45) is 0 Å². The first-order chi connectivity index (χ1) is 30.2. The molecule has 1 aliphatic heterocycles. The van der Waals surface area contributed by atoms with Crippen molar-refractivity contribution in [2.75, 3.05) is 0 Å². The van der Waals surface area contributed by atoms with Gasteiger partial charge in [-0.2, -0.15) is 0 Å². The highest BCUT2D eigenvalue weighted by molar-refractivity contribution is 7.26. The second kappa shape index (κ2) is 13.1. The minimum Gasteiger partial charge on any atom is -0.457 e. The van der Waals surface area contributed by atoms with Crippen LogP contribution in [0.5, 0.6) is 11.5 Å². The van der Waals surface area contributed by atoms with Crippen LogP contribution in [0.1, 0.15) is 22.3 Å². The lowest BCUT2D eigenvalue weighted by Crippen LogP contribution is -2.32. The third kappa shape index (κ3) is 5.02. The van der Waals surface area contributed by atoms with Crippen LogP contribution < -0.4 is 4.74 Å². The summed E-state index contributed by atoms with van der Waals surface area (Å²) in [4.78, 5) is 15.1. The predicted molar refractivity (Wildman–Crippen MR) is 249 cm³/mol. The Morgan fingerprint density at radius 3 is 1.85 bits per heavy atom. The fraction of sp³-hybridized carbons (Fsp3) is 0.0179. The Bertz CT molecular complexity index is 3570. The lowest BCUT2D eigenvalue weighted by Gasteiger charge is -2.39. The van der Waals surface area contributed by atoms with Gasteiger partial charge in [-0.1, -0.05) is 176 Å². The van der Waals surface area contributed by atoms with E-state index in [9.17, 15) is 0 Å². The van der Waals surface area contributed by atoms with Crippen molar-refractivity contribution in [1.29, 1.82) is 0 Å². The molecule has 1 aliphatic carbocycles. The average molecular weight is 796 g/mol. The normalized spacial score (nSPS) is 14.8. The van der Waals surface area contributed by atoms with E-state index in [-0.39, 0.29) is 0 Å². The third-order valence-corrected chi connectivity index (χ3v) is 13.8. The second-order valence-electron chi connectivity index (χ2n) is 15.8. The summed E-state index contributed by atoms with van der Waals surface area (Å²) >= 11 is 1.87. The summed E-state index contributed by atoms with van der Waals surface area (Å²) in [6.07, 6.45) is 0. The zero-order chi connectivity index (χ0) is 40.1. The maximum Gasteiger partial charge on any atom is 0.164 e. The first-order valence-corrected chi connectivity index (χ1v) is 21.4. The van der Waals surface area contributed by atoms with E-state index in [0.29, 0.717) is 17.5 Å². The molecule has 3 heterocycles. The fourth-order valence-corrected chi connectivity index (χ4v) is 11.1. The molecule has 0 saturated carbocycles. The molecule has 2 aromatic heterocycles. The van der Waals surface area contributed by atoms with E-state index >= 15 is 0 Å². The Hall–Kier alpha value is -7.73. The number of nitrogens with zero attached hydrogens (tertiary/aromatic N) is 3. The van der Waals surface area contributed by atoms with Gasteiger partial charge in [0.05, 0.1) is 5.41 Å². The van der Waals surface area contributed by atoms with Crippen LogP contribution in [0.2, 0.25) is 0 Å². The van der Waals surface area contributed by atoms with Crippen LogP contribution in [0.25, 0.3) is 87.4 Å². The lowest BCUT2D eigenvalue weighted by molar-refractivity contribution is 0.436. The topological polar surface area (TPSA) is 47.9 Å². The Kier molecular flexibility index (Phi) is 7.36. The van der Waals surface area contributed by atoms with Gasteiger partial charge in [0.2, 0.25) is 0 Å². The standard InChI is InChI=1S/C56H33N3OS/c1-2-14-36(15-3-1)53-57-54(59-55(58-53)40-20-12-16-35-13-4-5-17-39(35)40)37-27-25-34(26-28-37)38-29-30-45-48(33-38)60-47-23-10-9-22-44(47)56(45)43-21-8-6-18-41(43)51-46(56)31-32-50-52(51)42-19-7-11-24-49(42)61-50/h1-33H. The summed E-state index contributed by atoms with van der Waals surface area (Å²) in [6, 6.07) is 71.2. The molecule has 1 spiro atoms. The smallest absolute Gasteiger partial charge is 0.164 e. The van der Waals surface area contributed by atoms with Crippen LogP contribution in [-0.2, 0) is 5.41 Å². The minimum absolute atomic E-state index is 0.549. The number of aromatic nitrogens is 3. The molecule has 0 fully saturated rings. The highest BCUT2D eigenvalue weighted by Gasteiger charge is 2.51. The highest BCUT2D eigenvalue weighted by atomic mass is 32.1. The van der Waals surface area contributed by atoms with E-state index in [4.69, 9.17) is 19.7 Å². The van der Waals surface area contributed by atoms with E-state index in [1.807, 2.05) is 41.7 Å². The van der Waals surface area contributed by atoms with Crippen LogP contribution in [0, 0.1) is 0 Å². The first kappa shape index (κ1) is 34.2. The summed E-state index contributed by atoms with van der Waals surface area (Å²) in [7, 11) is 0. The highest BCUT2D eigenvalue weighted by Crippen LogP contribution is 2.64. The zero-order valence-electron chi connectivity index (χ0n) is 32.7. The molecule has 1 unspecified atom stereocenters. The molecule has 2 aliphatic rings. The molecule has 4 nitrogen and oxygen atoms in total. The number of para-hydroxylation sites is 1. The maximum atomic E-state index is 6.91. The summed E-state index contributed by atoms with van der Waals surface area (Å²) < 4.78 is 9.53. The van der Waals surface area contributed by atoms with E-state index in [2.05, 4.69) is 170 Å². The van der Waals surface area contributed by atoms with Gasteiger partial charge in [-0.25, -0.2) is 15.0 Å². The number of rotatable bonds is 4. The van der Waals surface area contributed by atoms with Gasteiger partial charge in [-0.3, -0.25) is 0 Å². The van der Waals surface area contributed by atoms with Gasteiger partial charge >= 0.3 is 0 Å². The minimum atomic E-state index is -0.549. The quantitative estimate of drug-likeness (QED) is 0.178. The van der Waals surface area contributed by atoms with Crippen molar-refractivity contribution in [3.63, 3.8) is 0 Å². The summed E-state index contributed by atoms with van der Waals surface area (Å²) in [5, 5.41) is 4.89. The number of benzene rings is 9. The molecular weight excluding hydrogens is 763 g/mol. The van der Waals surface area contributed by atoms with Crippen molar-refractivity contribution >= 4 is 42.3 Å². The van der Waals surface area contributed by atoms with Crippen molar-refractivity contribution in [3.05, 3.63) is 222 Å². The summed E-state index contributed by atoms with van der Waals surface area (Å²) in [5.74, 6) is 3.66. The maximum absolute atomic E-state index is 6.91. The van der Waals surface area contributed by atoms with E-state index in [0.717, 1.165) is 55.7 Å². The number of thiophene rings is 1. The molecule has 0 saturated heterocycles. The van der Waals surface area contributed by atoms with Crippen molar-refractivity contribution in [1.82, 2.24) is 15.0 Å². The van der Waals surface area contributed by atoms with Crippen molar-refractivity contribution < 1.29 is 4.74 Å². The summed E-state index contributed by atoms with van der Waals surface area (Å²) in [5.41, 5.74) is 11.9. The molecule has 284 valence electrons. The number of hydrogen-bond donors (Lipinski definition) is 0. The van der Waals surface area contributed by atoms with Gasteiger partial charge < -0.3 is 4.74 Å². The largest absolute Gasteiger partial charge is 0.457 e. The molecule has 5 heteroatoms. The van der Waals surface area contributed by atoms with Crippen LogP contribution in [0.15, 0.2) is 200 Å². The van der Waals surface area contributed by atoms with Crippen LogP contribution in [0.3, 0.4) is 0 Å². The third-order valence-electron chi connectivity index (χ3n) is 12.6. The molecule has 1 atom stereocenters. The Balaban J connectivity index is 0.948. The molecule has 0 amide bonds. The lowest BCUT2D eigenvalue weighted by atomic mass is 9.66.